The minimum Gasteiger partial charge on any atom is -0.320 e. The Hall–Kier alpha value is -2.23. The van der Waals surface area contributed by atoms with E-state index in [1.165, 1.54) is 12.8 Å². The van der Waals surface area contributed by atoms with Gasteiger partial charge in [-0.25, -0.2) is 0 Å². The summed E-state index contributed by atoms with van der Waals surface area (Å²) in [6.07, 6.45) is 5.78. The van der Waals surface area contributed by atoms with E-state index in [1.807, 2.05) is 25.1 Å². The monoisotopic (exact) mass is 253 g/mol. The predicted octanol–water partition coefficient (Wildman–Crippen LogP) is 2.91. The topological polar surface area (TPSA) is 54.9 Å². The number of hydrogen-bond acceptors (Lipinski definition) is 3. The van der Waals surface area contributed by atoms with E-state index in [-0.39, 0.29) is 5.91 Å². The second kappa shape index (κ2) is 4.80. The van der Waals surface area contributed by atoms with E-state index >= 15 is 0 Å². The molecule has 2 aromatic heterocycles. The number of hydrogen-bond donors (Lipinski definition) is 1. The van der Waals surface area contributed by atoms with Gasteiger partial charge in [0.05, 0.1) is 16.9 Å². The number of pyridine rings is 2. The Morgan fingerprint density at radius 2 is 2.11 bits per heavy atom. The molecule has 1 saturated carbocycles. The van der Waals surface area contributed by atoms with E-state index in [1.54, 1.807) is 18.5 Å². The minimum absolute atomic E-state index is 0.147. The second-order valence-corrected chi connectivity index (χ2v) is 4.84. The molecule has 4 nitrogen and oxygen atoms in total. The van der Waals surface area contributed by atoms with Crippen LogP contribution in [0.25, 0.3) is 0 Å². The number of amides is 1. The van der Waals surface area contributed by atoms with Gasteiger partial charge in [0.15, 0.2) is 0 Å². The van der Waals surface area contributed by atoms with E-state index in [2.05, 4.69) is 15.3 Å². The van der Waals surface area contributed by atoms with Gasteiger partial charge in [0, 0.05) is 24.0 Å². The van der Waals surface area contributed by atoms with Crippen molar-refractivity contribution in [2.24, 2.45) is 0 Å². The number of carbonyl (C=O) groups is 1. The number of nitrogens with one attached hydrogen (secondary N) is 1. The summed E-state index contributed by atoms with van der Waals surface area (Å²) in [5, 5.41) is 2.85. The molecule has 0 saturated heterocycles. The largest absolute Gasteiger partial charge is 0.320 e. The molecule has 1 fully saturated rings. The minimum atomic E-state index is -0.147. The summed E-state index contributed by atoms with van der Waals surface area (Å²) in [7, 11) is 0. The van der Waals surface area contributed by atoms with E-state index in [0.717, 1.165) is 17.1 Å². The SMILES string of the molecule is Cc1ncccc1NC(=O)c1ccc(C2CC2)nc1. The van der Waals surface area contributed by atoms with Crippen LogP contribution < -0.4 is 5.32 Å². The van der Waals surface area contributed by atoms with Crippen LogP contribution in [0, 0.1) is 6.92 Å². The van der Waals surface area contributed by atoms with Crippen molar-refractivity contribution in [3.05, 3.63) is 53.6 Å². The first kappa shape index (κ1) is 11.8. The van der Waals surface area contributed by atoms with Crippen LogP contribution in [-0.2, 0) is 0 Å². The quantitative estimate of drug-likeness (QED) is 0.915. The molecule has 3 rings (SSSR count). The summed E-state index contributed by atoms with van der Waals surface area (Å²) in [5.74, 6) is 0.462. The van der Waals surface area contributed by atoms with Crippen LogP contribution in [-0.4, -0.2) is 15.9 Å². The van der Waals surface area contributed by atoms with E-state index < -0.39 is 0 Å². The zero-order valence-electron chi connectivity index (χ0n) is 10.8. The highest BCUT2D eigenvalue weighted by atomic mass is 16.1. The maximum Gasteiger partial charge on any atom is 0.257 e. The first-order chi connectivity index (χ1) is 9.24. The molecule has 1 aliphatic carbocycles. The summed E-state index contributed by atoms with van der Waals surface area (Å²) in [6, 6.07) is 7.42. The number of aryl methyl sites for hydroxylation is 1. The highest BCUT2D eigenvalue weighted by Crippen LogP contribution is 2.38. The lowest BCUT2D eigenvalue weighted by molar-refractivity contribution is 0.102. The average molecular weight is 253 g/mol. The molecule has 4 heteroatoms. The molecule has 0 aliphatic heterocycles. The predicted molar refractivity (Wildman–Crippen MR) is 73.1 cm³/mol. The van der Waals surface area contributed by atoms with Gasteiger partial charge in [0.1, 0.15) is 0 Å². The van der Waals surface area contributed by atoms with Crippen LogP contribution in [0.4, 0.5) is 5.69 Å². The van der Waals surface area contributed by atoms with Crippen molar-refractivity contribution >= 4 is 11.6 Å². The lowest BCUT2D eigenvalue weighted by atomic mass is 10.2. The molecule has 0 spiro atoms. The fraction of sp³-hybridized carbons (Fsp3) is 0.267. The third-order valence-electron chi connectivity index (χ3n) is 3.30. The van der Waals surface area contributed by atoms with Crippen molar-refractivity contribution in [2.75, 3.05) is 5.32 Å². The molecule has 0 atom stereocenters. The number of rotatable bonds is 3. The highest BCUT2D eigenvalue weighted by molar-refractivity contribution is 6.04. The maximum absolute atomic E-state index is 12.1. The normalized spacial score (nSPS) is 14.2. The number of aromatic nitrogens is 2. The van der Waals surface area contributed by atoms with Gasteiger partial charge < -0.3 is 5.32 Å². The Balaban J connectivity index is 1.74. The van der Waals surface area contributed by atoms with Crippen LogP contribution in [0.5, 0.6) is 0 Å². The van der Waals surface area contributed by atoms with Crippen LogP contribution in [0.1, 0.15) is 40.5 Å². The third kappa shape index (κ3) is 2.62. The standard InChI is InChI=1S/C15H15N3O/c1-10-13(3-2-8-16-10)18-15(19)12-6-7-14(17-9-12)11-4-5-11/h2-3,6-9,11H,4-5H2,1H3,(H,18,19). The van der Waals surface area contributed by atoms with Gasteiger partial charge in [-0.1, -0.05) is 0 Å². The van der Waals surface area contributed by atoms with E-state index in [4.69, 9.17) is 0 Å². The lowest BCUT2D eigenvalue weighted by Gasteiger charge is -2.07. The molecule has 1 N–H and O–H groups in total. The summed E-state index contributed by atoms with van der Waals surface area (Å²) < 4.78 is 0. The second-order valence-electron chi connectivity index (χ2n) is 4.84. The van der Waals surface area contributed by atoms with Crippen molar-refractivity contribution in [3.8, 4) is 0 Å². The van der Waals surface area contributed by atoms with Gasteiger partial charge in [-0.2, -0.15) is 0 Å². The van der Waals surface area contributed by atoms with Crippen LogP contribution >= 0.6 is 0 Å². The molecular weight excluding hydrogens is 238 g/mol. The van der Waals surface area contributed by atoms with Crippen molar-refractivity contribution < 1.29 is 4.79 Å². The fourth-order valence-corrected chi connectivity index (χ4v) is 1.97. The Kier molecular flexibility index (Phi) is 2.99. The summed E-state index contributed by atoms with van der Waals surface area (Å²) >= 11 is 0. The molecule has 2 aromatic rings. The summed E-state index contributed by atoms with van der Waals surface area (Å²) in [5.41, 5.74) is 3.21. The summed E-state index contributed by atoms with van der Waals surface area (Å²) in [6.45, 7) is 1.87. The molecule has 2 heterocycles. The zero-order valence-corrected chi connectivity index (χ0v) is 10.8. The fourth-order valence-electron chi connectivity index (χ4n) is 1.97. The molecule has 0 radical (unpaired) electrons. The van der Waals surface area contributed by atoms with Crippen LogP contribution in [0.3, 0.4) is 0 Å². The number of carbonyl (C=O) groups excluding carboxylic acids is 1. The van der Waals surface area contributed by atoms with Gasteiger partial charge in [-0.05, 0) is 44.0 Å². The average Bonchev–Trinajstić information content (AvgIpc) is 3.26. The zero-order chi connectivity index (χ0) is 13.2. The van der Waals surface area contributed by atoms with Gasteiger partial charge in [0.25, 0.3) is 5.91 Å². The lowest BCUT2D eigenvalue weighted by Crippen LogP contribution is -2.13. The van der Waals surface area contributed by atoms with Crippen LogP contribution in [0.2, 0.25) is 0 Å². The molecule has 0 bridgehead atoms. The van der Waals surface area contributed by atoms with E-state index in [9.17, 15) is 4.79 Å². The molecule has 0 aromatic carbocycles. The number of anilines is 1. The van der Waals surface area contributed by atoms with Gasteiger partial charge in [0.2, 0.25) is 0 Å². The first-order valence-corrected chi connectivity index (χ1v) is 6.43. The molecular formula is C15H15N3O. The van der Waals surface area contributed by atoms with Crippen molar-refractivity contribution in [2.45, 2.75) is 25.7 Å². The molecule has 0 unspecified atom stereocenters. The molecule has 96 valence electrons. The number of nitrogens with zero attached hydrogens (tertiary/aromatic N) is 2. The molecule has 1 aliphatic rings. The van der Waals surface area contributed by atoms with Crippen molar-refractivity contribution in [1.29, 1.82) is 0 Å². The smallest absolute Gasteiger partial charge is 0.257 e. The van der Waals surface area contributed by atoms with Crippen LogP contribution in [0.15, 0.2) is 36.7 Å². The van der Waals surface area contributed by atoms with Gasteiger partial charge in [-0.3, -0.25) is 14.8 Å². The van der Waals surface area contributed by atoms with E-state index in [0.29, 0.717) is 11.5 Å². The maximum atomic E-state index is 12.1. The van der Waals surface area contributed by atoms with Gasteiger partial charge in [-0.15, -0.1) is 0 Å². The third-order valence-corrected chi connectivity index (χ3v) is 3.30. The Morgan fingerprint density at radius 1 is 1.26 bits per heavy atom. The highest BCUT2D eigenvalue weighted by Gasteiger charge is 2.24. The molecule has 1 amide bonds. The van der Waals surface area contributed by atoms with Gasteiger partial charge >= 0.3 is 0 Å². The van der Waals surface area contributed by atoms with Crippen molar-refractivity contribution in [1.82, 2.24) is 9.97 Å². The first-order valence-electron chi connectivity index (χ1n) is 6.43. The molecule has 19 heavy (non-hydrogen) atoms. The van der Waals surface area contributed by atoms with Crippen molar-refractivity contribution in [3.63, 3.8) is 0 Å². The Labute approximate surface area is 111 Å². The Morgan fingerprint density at radius 3 is 2.74 bits per heavy atom. The Bertz CT molecular complexity index is 603. The summed E-state index contributed by atoms with van der Waals surface area (Å²) in [4.78, 5) is 20.6.